The molecule has 5 rings (SSSR count). The first-order valence-corrected chi connectivity index (χ1v) is 10.7. The van der Waals surface area contributed by atoms with Gasteiger partial charge in [0.2, 0.25) is 0 Å². The highest BCUT2D eigenvalue weighted by Gasteiger charge is 2.33. The van der Waals surface area contributed by atoms with Gasteiger partial charge in [-0.05, 0) is 55.5 Å². The number of ketones is 1. The van der Waals surface area contributed by atoms with E-state index >= 15 is 0 Å². The second-order valence-electron chi connectivity index (χ2n) is 8.28. The van der Waals surface area contributed by atoms with Crippen molar-refractivity contribution in [2.45, 2.75) is 38.8 Å². The number of carbonyl (C=O) groups excluding carboxylic acids is 1. The van der Waals surface area contributed by atoms with Gasteiger partial charge in [-0.15, -0.1) is 6.58 Å². The average Bonchev–Trinajstić information content (AvgIpc) is 2.93. The van der Waals surface area contributed by atoms with E-state index in [-0.39, 0.29) is 11.3 Å². The number of Topliss-reactive ketones (excluding diaryl/α,β-unsaturated/α-hetero) is 1. The molecule has 156 valence electrons. The predicted molar refractivity (Wildman–Crippen MR) is 125 cm³/mol. The van der Waals surface area contributed by atoms with Gasteiger partial charge in [-0.2, -0.15) is 0 Å². The van der Waals surface area contributed by atoms with Crippen LogP contribution in [0.4, 0.5) is 11.4 Å². The molecule has 1 unspecified atom stereocenters. The summed E-state index contributed by atoms with van der Waals surface area (Å²) in [5.74, 6) is 0.0954. The molecule has 0 spiro atoms. The number of anilines is 2. The zero-order valence-corrected chi connectivity index (χ0v) is 17.6. The lowest BCUT2D eigenvalue weighted by Crippen LogP contribution is -2.31. The Morgan fingerprint density at radius 1 is 1.10 bits per heavy atom. The topological polar surface area (TPSA) is 63.1 Å². The van der Waals surface area contributed by atoms with Crippen LogP contribution in [0.2, 0.25) is 0 Å². The summed E-state index contributed by atoms with van der Waals surface area (Å²) in [5, 5.41) is 7.96. The Kier molecular flexibility index (Phi) is 4.74. The first-order valence-electron chi connectivity index (χ1n) is 10.7. The minimum atomic E-state index is -0.507. The molecule has 0 bridgehead atoms. The lowest BCUT2D eigenvalue weighted by molar-refractivity contribution is -0.116. The summed E-state index contributed by atoms with van der Waals surface area (Å²) in [7, 11) is 0. The van der Waals surface area contributed by atoms with Crippen molar-refractivity contribution in [3.05, 3.63) is 93.9 Å². The fraction of sp³-hybridized carbons (Fsp3) is 0.231. The Bertz CT molecular complexity index is 1320. The Hall–Kier alpha value is -3.60. The van der Waals surface area contributed by atoms with Crippen LogP contribution < -0.4 is 16.2 Å². The quantitative estimate of drug-likeness (QED) is 0.590. The minimum absolute atomic E-state index is 0.0954. The maximum atomic E-state index is 13.7. The molecule has 3 aromatic rings. The maximum absolute atomic E-state index is 13.7. The normalized spacial score (nSPS) is 18.0. The molecule has 2 aliphatic rings. The number of nitrogens with one attached hydrogen (secondary N) is 2. The van der Waals surface area contributed by atoms with Crippen LogP contribution in [0.15, 0.2) is 77.3 Å². The van der Waals surface area contributed by atoms with Gasteiger partial charge in [-0.25, -0.2) is 0 Å². The molecular formula is C26H25N3O2. The van der Waals surface area contributed by atoms with Crippen molar-refractivity contribution in [3.63, 3.8) is 0 Å². The van der Waals surface area contributed by atoms with Crippen molar-refractivity contribution in [2.75, 3.05) is 10.6 Å². The van der Waals surface area contributed by atoms with Gasteiger partial charge in [0.05, 0.1) is 22.9 Å². The van der Waals surface area contributed by atoms with Crippen LogP contribution in [0.25, 0.3) is 10.9 Å². The molecule has 5 heteroatoms. The number of nitrogens with zero attached hydrogens (tertiary/aromatic N) is 1. The van der Waals surface area contributed by atoms with Crippen LogP contribution in [-0.4, -0.2) is 10.4 Å². The highest BCUT2D eigenvalue weighted by atomic mass is 16.1. The molecule has 1 aromatic heterocycles. The molecule has 2 N–H and O–H groups in total. The number of pyridine rings is 1. The summed E-state index contributed by atoms with van der Waals surface area (Å²) < 4.78 is 1.75. The van der Waals surface area contributed by atoms with E-state index in [9.17, 15) is 9.59 Å². The summed E-state index contributed by atoms with van der Waals surface area (Å²) in [5.41, 5.74) is 5.88. The standard InChI is InChI=1S/C26H25N3O2/c1-3-13-29-22-12-11-16(2)14-17(22)15-18(26(29)31)25-24-21(9-6-10-23(24)30)27-19-7-4-5-8-20(19)28-25/h3-5,7-8,11-12,14-15,25,27-28H,1,6,9-10,13H2,2H3. The summed E-state index contributed by atoms with van der Waals surface area (Å²) in [6.45, 7) is 6.29. The number of allylic oxidation sites excluding steroid dienone is 2. The number of hydrogen-bond acceptors (Lipinski definition) is 4. The Balaban J connectivity index is 1.79. The molecule has 0 saturated carbocycles. The first-order chi connectivity index (χ1) is 15.1. The third-order valence-corrected chi connectivity index (χ3v) is 6.16. The smallest absolute Gasteiger partial charge is 0.256 e. The fourth-order valence-corrected chi connectivity index (χ4v) is 4.72. The molecule has 1 atom stereocenters. The summed E-state index contributed by atoms with van der Waals surface area (Å²) in [6.07, 6.45) is 3.85. The number of benzene rings is 2. The van der Waals surface area contributed by atoms with Crippen molar-refractivity contribution in [2.24, 2.45) is 0 Å². The van der Waals surface area contributed by atoms with Crippen molar-refractivity contribution < 1.29 is 4.79 Å². The molecule has 0 radical (unpaired) electrons. The summed E-state index contributed by atoms with van der Waals surface area (Å²) in [4.78, 5) is 26.8. The Morgan fingerprint density at radius 2 is 1.90 bits per heavy atom. The van der Waals surface area contributed by atoms with E-state index in [1.54, 1.807) is 10.6 Å². The molecule has 5 nitrogen and oxygen atoms in total. The van der Waals surface area contributed by atoms with Crippen LogP contribution in [-0.2, 0) is 11.3 Å². The van der Waals surface area contributed by atoms with Crippen LogP contribution in [0.1, 0.15) is 36.4 Å². The number of aryl methyl sites for hydroxylation is 1. The number of hydrogen-bond donors (Lipinski definition) is 2. The first kappa shape index (κ1) is 19.4. The molecular weight excluding hydrogens is 386 g/mol. The second kappa shape index (κ2) is 7.58. The monoisotopic (exact) mass is 411 g/mol. The van der Waals surface area contributed by atoms with Gasteiger partial charge < -0.3 is 15.2 Å². The van der Waals surface area contributed by atoms with Crippen LogP contribution in [0, 0.1) is 6.92 Å². The largest absolute Gasteiger partial charge is 0.372 e. The van der Waals surface area contributed by atoms with Crippen molar-refractivity contribution in [3.8, 4) is 0 Å². The van der Waals surface area contributed by atoms with Crippen molar-refractivity contribution >= 4 is 28.1 Å². The highest BCUT2D eigenvalue weighted by Crippen LogP contribution is 2.40. The molecule has 1 aliphatic heterocycles. The van der Waals surface area contributed by atoms with E-state index in [1.807, 2.05) is 49.4 Å². The van der Waals surface area contributed by atoms with E-state index in [0.29, 0.717) is 24.1 Å². The molecule has 2 aromatic carbocycles. The zero-order chi connectivity index (χ0) is 21.5. The zero-order valence-electron chi connectivity index (χ0n) is 17.6. The van der Waals surface area contributed by atoms with E-state index < -0.39 is 6.04 Å². The van der Waals surface area contributed by atoms with Crippen molar-refractivity contribution in [1.29, 1.82) is 0 Å². The lowest BCUT2D eigenvalue weighted by Gasteiger charge is -2.26. The molecule has 31 heavy (non-hydrogen) atoms. The highest BCUT2D eigenvalue weighted by molar-refractivity contribution is 6.00. The van der Waals surface area contributed by atoms with Gasteiger partial charge in [0.25, 0.3) is 5.56 Å². The Morgan fingerprint density at radius 3 is 2.71 bits per heavy atom. The summed E-state index contributed by atoms with van der Waals surface area (Å²) >= 11 is 0. The van der Waals surface area contributed by atoms with Gasteiger partial charge in [-0.1, -0.05) is 29.8 Å². The van der Waals surface area contributed by atoms with E-state index in [0.717, 1.165) is 46.4 Å². The predicted octanol–water partition coefficient (Wildman–Crippen LogP) is 5.08. The maximum Gasteiger partial charge on any atom is 0.256 e. The van der Waals surface area contributed by atoms with E-state index in [1.165, 1.54) is 0 Å². The molecule has 0 saturated heterocycles. The number of para-hydroxylation sites is 2. The molecule has 0 fully saturated rings. The lowest BCUT2D eigenvalue weighted by atomic mass is 9.86. The Labute approximate surface area is 181 Å². The minimum Gasteiger partial charge on any atom is -0.372 e. The number of carbonyl (C=O) groups is 1. The third-order valence-electron chi connectivity index (χ3n) is 6.16. The van der Waals surface area contributed by atoms with Crippen LogP contribution in [0.5, 0.6) is 0 Å². The molecule has 1 aliphatic carbocycles. The second-order valence-corrected chi connectivity index (χ2v) is 8.28. The van der Waals surface area contributed by atoms with Gasteiger partial charge >= 0.3 is 0 Å². The summed E-state index contributed by atoms with van der Waals surface area (Å²) in [6, 6.07) is 15.4. The number of rotatable bonds is 3. The van der Waals surface area contributed by atoms with E-state index in [4.69, 9.17) is 0 Å². The van der Waals surface area contributed by atoms with Gasteiger partial charge in [0.1, 0.15) is 0 Å². The molecule has 2 heterocycles. The number of fused-ring (bicyclic) bond motifs is 2. The SMILES string of the molecule is C=CCn1c(=O)c(C2Nc3ccccc3NC3=C2C(=O)CCC3)cc2cc(C)ccc21. The third kappa shape index (κ3) is 3.26. The van der Waals surface area contributed by atoms with Crippen LogP contribution in [0.3, 0.4) is 0 Å². The number of aromatic nitrogens is 1. The van der Waals surface area contributed by atoms with Gasteiger partial charge in [-0.3, -0.25) is 9.59 Å². The van der Waals surface area contributed by atoms with E-state index in [2.05, 4.69) is 23.3 Å². The fourth-order valence-electron chi connectivity index (χ4n) is 4.72. The van der Waals surface area contributed by atoms with Crippen LogP contribution >= 0.6 is 0 Å². The molecule has 0 amide bonds. The van der Waals surface area contributed by atoms with Gasteiger partial charge in [0, 0.05) is 29.8 Å². The average molecular weight is 412 g/mol. The van der Waals surface area contributed by atoms with Crippen molar-refractivity contribution in [1.82, 2.24) is 4.57 Å². The van der Waals surface area contributed by atoms with Gasteiger partial charge in [0.15, 0.2) is 5.78 Å².